The Morgan fingerprint density at radius 3 is 2.42 bits per heavy atom. The predicted octanol–water partition coefficient (Wildman–Crippen LogP) is 0.238. The molecule has 0 aliphatic rings. The Kier molecular flexibility index (Phi) is 4.55. The summed E-state index contributed by atoms with van der Waals surface area (Å²) in [6, 6.07) is 9.00. The van der Waals surface area contributed by atoms with Crippen LogP contribution in [-0.2, 0) is 5.41 Å². The third-order valence-corrected chi connectivity index (χ3v) is 4.01. The summed E-state index contributed by atoms with van der Waals surface area (Å²) in [5.41, 5.74) is 1.26. The number of nitrogens with one attached hydrogen (secondary N) is 3. The minimum Gasteiger partial charge on any atom is -0.348 e. The molecule has 0 saturated carbocycles. The van der Waals surface area contributed by atoms with E-state index >= 15 is 0 Å². The molecule has 3 rings (SSSR count). The van der Waals surface area contributed by atoms with Gasteiger partial charge in [-0.25, -0.2) is 4.98 Å². The van der Waals surface area contributed by atoms with Gasteiger partial charge < -0.3 is 15.0 Å². The highest BCUT2D eigenvalue weighted by Crippen LogP contribution is 2.22. The van der Waals surface area contributed by atoms with Crippen LogP contribution in [0.2, 0.25) is 0 Å². The minimum absolute atomic E-state index is 0.0384. The van der Waals surface area contributed by atoms with Crippen molar-refractivity contribution in [3.8, 4) is 0 Å². The average molecular weight is 346 g/mol. The maximum Gasteiger partial charge on any atom is 0.272 e. The second kappa shape index (κ2) is 6.67. The standard InChI is InChI=1S/C19H19BN4O2/c1-19(2,3)16-12(21-10-22-16)9-13-17(25)24-15(18(26)23-13)14(20)11-7-5-4-6-8-11/h4-10H,1-3H3,(H,21,22)(H,23,26)(H,24,25)/b13-9-,15-14+. The molecule has 2 heterocycles. The molecule has 0 aliphatic heterocycles. The Hall–Kier alpha value is -3.09. The molecular formula is C19H19BN4O2. The largest absolute Gasteiger partial charge is 0.348 e. The Bertz CT molecular complexity index is 1160. The van der Waals surface area contributed by atoms with Crippen LogP contribution < -0.4 is 21.8 Å². The van der Waals surface area contributed by atoms with E-state index in [9.17, 15) is 9.59 Å². The van der Waals surface area contributed by atoms with Gasteiger partial charge in [-0.05, 0) is 11.6 Å². The molecule has 3 N–H and O–H groups in total. The van der Waals surface area contributed by atoms with Crippen molar-refractivity contribution in [1.29, 1.82) is 0 Å². The van der Waals surface area contributed by atoms with Crippen molar-refractivity contribution < 1.29 is 0 Å². The quantitative estimate of drug-likeness (QED) is 0.580. The fourth-order valence-electron chi connectivity index (χ4n) is 2.68. The molecule has 7 heteroatoms. The molecule has 3 aromatic rings. The third kappa shape index (κ3) is 3.47. The van der Waals surface area contributed by atoms with Crippen molar-refractivity contribution in [2.24, 2.45) is 0 Å². The van der Waals surface area contributed by atoms with Crippen molar-refractivity contribution in [1.82, 2.24) is 19.9 Å². The molecule has 0 aliphatic carbocycles. The number of benzene rings is 1. The Balaban J connectivity index is 2.21. The van der Waals surface area contributed by atoms with Gasteiger partial charge >= 0.3 is 0 Å². The lowest BCUT2D eigenvalue weighted by Crippen LogP contribution is -2.48. The smallest absolute Gasteiger partial charge is 0.272 e. The van der Waals surface area contributed by atoms with Gasteiger partial charge in [-0.2, -0.15) is 0 Å². The lowest BCUT2D eigenvalue weighted by Gasteiger charge is -2.16. The highest BCUT2D eigenvalue weighted by atomic mass is 16.1. The third-order valence-electron chi connectivity index (χ3n) is 4.01. The van der Waals surface area contributed by atoms with Crippen molar-refractivity contribution in [3.05, 3.63) is 85.0 Å². The van der Waals surface area contributed by atoms with Gasteiger partial charge in [0.25, 0.3) is 11.1 Å². The van der Waals surface area contributed by atoms with Gasteiger partial charge in [0.05, 0.1) is 12.0 Å². The number of nitrogens with zero attached hydrogens (tertiary/aromatic N) is 1. The van der Waals surface area contributed by atoms with E-state index in [-0.39, 0.29) is 21.6 Å². The van der Waals surface area contributed by atoms with Gasteiger partial charge in [-0.1, -0.05) is 56.6 Å². The van der Waals surface area contributed by atoms with E-state index in [0.29, 0.717) is 11.3 Å². The van der Waals surface area contributed by atoms with Crippen molar-refractivity contribution >= 4 is 19.4 Å². The van der Waals surface area contributed by atoms with Gasteiger partial charge in [-0.15, -0.1) is 0 Å². The number of H-pyrrole nitrogens is 3. The van der Waals surface area contributed by atoms with Crippen LogP contribution in [0.5, 0.6) is 0 Å². The van der Waals surface area contributed by atoms with Crippen molar-refractivity contribution in [2.75, 3.05) is 0 Å². The number of hydrogen-bond acceptors (Lipinski definition) is 3. The van der Waals surface area contributed by atoms with Crippen LogP contribution in [0, 0.1) is 0 Å². The number of aromatic nitrogens is 4. The number of hydrogen-bond donors (Lipinski definition) is 3. The molecule has 0 spiro atoms. The van der Waals surface area contributed by atoms with Gasteiger partial charge in [0.1, 0.15) is 18.5 Å². The maximum absolute atomic E-state index is 12.5. The zero-order chi connectivity index (χ0) is 18.9. The van der Waals surface area contributed by atoms with E-state index in [0.717, 1.165) is 5.69 Å². The molecule has 2 aromatic heterocycles. The molecular weight excluding hydrogens is 327 g/mol. The normalized spacial score (nSPS) is 13.7. The summed E-state index contributed by atoms with van der Waals surface area (Å²) >= 11 is 0. The first-order valence-corrected chi connectivity index (χ1v) is 8.21. The predicted molar refractivity (Wildman–Crippen MR) is 102 cm³/mol. The molecule has 6 nitrogen and oxygen atoms in total. The molecule has 0 amide bonds. The van der Waals surface area contributed by atoms with E-state index < -0.39 is 11.1 Å². The van der Waals surface area contributed by atoms with Crippen LogP contribution in [0.25, 0.3) is 11.5 Å². The van der Waals surface area contributed by atoms with E-state index in [2.05, 4.69) is 19.9 Å². The van der Waals surface area contributed by atoms with Crippen LogP contribution in [0.1, 0.15) is 37.7 Å². The highest BCUT2D eigenvalue weighted by molar-refractivity contribution is 6.41. The fraction of sp³-hybridized carbons (Fsp3) is 0.211. The van der Waals surface area contributed by atoms with E-state index in [1.54, 1.807) is 24.5 Å². The Morgan fingerprint density at radius 2 is 1.77 bits per heavy atom. The van der Waals surface area contributed by atoms with Gasteiger partial charge in [-0.3, -0.25) is 9.59 Å². The monoisotopic (exact) mass is 346 g/mol. The van der Waals surface area contributed by atoms with E-state index in [1.165, 1.54) is 0 Å². The summed E-state index contributed by atoms with van der Waals surface area (Å²) in [6.07, 6.45) is 3.12. The van der Waals surface area contributed by atoms with Crippen LogP contribution in [0.15, 0.2) is 46.2 Å². The van der Waals surface area contributed by atoms with Gasteiger partial charge in [0.2, 0.25) is 0 Å². The SMILES string of the molecule is [B]/C(c1ccccc1)=c1/[nH]c(=O)/c(=C/c2nc[nH]c2C(C)(C)C)[nH]c1=O. The number of rotatable bonds is 2. The summed E-state index contributed by atoms with van der Waals surface area (Å²) in [7, 11) is 6.05. The van der Waals surface area contributed by atoms with Crippen LogP contribution >= 0.6 is 0 Å². The summed E-state index contributed by atoms with van der Waals surface area (Å²) in [5, 5.41) is 0.161. The van der Waals surface area contributed by atoms with Crippen LogP contribution in [0.4, 0.5) is 0 Å². The van der Waals surface area contributed by atoms with E-state index in [4.69, 9.17) is 7.85 Å². The van der Waals surface area contributed by atoms with Crippen molar-refractivity contribution in [2.45, 2.75) is 26.2 Å². The van der Waals surface area contributed by atoms with Crippen molar-refractivity contribution in [3.63, 3.8) is 0 Å². The molecule has 0 saturated heterocycles. The summed E-state index contributed by atoms with van der Waals surface area (Å²) in [5.74, 6) is 0. The summed E-state index contributed by atoms with van der Waals surface area (Å²) in [6.45, 7) is 6.09. The van der Waals surface area contributed by atoms with Gasteiger partial charge in [0, 0.05) is 11.1 Å². The second-order valence-electron chi connectivity index (χ2n) is 7.03. The summed E-state index contributed by atoms with van der Waals surface area (Å²) < 4.78 is 0. The van der Waals surface area contributed by atoms with Crippen LogP contribution in [0.3, 0.4) is 0 Å². The molecule has 0 unspecified atom stereocenters. The van der Waals surface area contributed by atoms with Gasteiger partial charge in [0.15, 0.2) is 0 Å². The molecule has 26 heavy (non-hydrogen) atoms. The molecule has 2 radical (unpaired) electrons. The molecule has 0 atom stereocenters. The molecule has 130 valence electrons. The fourth-order valence-corrected chi connectivity index (χ4v) is 2.68. The number of imidazole rings is 1. The zero-order valence-corrected chi connectivity index (χ0v) is 14.9. The first-order valence-electron chi connectivity index (χ1n) is 8.21. The minimum atomic E-state index is -0.468. The highest BCUT2D eigenvalue weighted by Gasteiger charge is 2.19. The van der Waals surface area contributed by atoms with E-state index in [1.807, 2.05) is 39.0 Å². The second-order valence-corrected chi connectivity index (χ2v) is 7.03. The maximum atomic E-state index is 12.5. The molecule has 0 fully saturated rings. The Labute approximate surface area is 151 Å². The first kappa shape index (κ1) is 17.7. The zero-order valence-electron chi connectivity index (χ0n) is 14.9. The molecule has 0 bridgehead atoms. The first-order chi connectivity index (χ1) is 12.3. The summed E-state index contributed by atoms with van der Waals surface area (Å²) in [4.78, 5) is 37.4. The lowest BCUT2D eigenvalue weighted by molar-refractivity contribution is 0.571. The molecule has 1 aromatic carbocycles. The average Bonchev–Trinajstić information content (AvgIpc) is 3.06. The topological polar surface area (TPSA) is 94.4 Å². The lowest BCUT2D eigenvalue weighted by atomic mass is 9.88. The number of aromatic amines is 3. The van der Waals surface area contributed by atoms with Crippen LogP contribution in [-0.4, -0.2) is 27.8 Å². The Morgan fingerprint density at radius 1 is 1.08 bits per heavy atom.